The molecule has 1 fully saturated rings. The monoisotopic (exact) mass is 240 g/mol. The average molecular weight is 240 g/mol. The minimum absolute atomic E-state index is 0.279. The Labute approximate surface area is 100.0 Å². The van der Waals surface area contributed by atoms with Crippen molar-refractivity contribution in [2.75, 3.05) is 7.11 Å². The van der Waals surface area contributed by atoms with Crippen LogP contribution < -0.4 is 5.73 Å². The Morgan fingerprint density at radius 2 is 2.38 bits per heavy atom. The van der Waals surface area contributed by atoms with Crippen LogP contribution in [0.5, 0.6) is 0 Å². The molecule has 5 nitrogen and oxygen atoms in total. The summed E-state index contributed by atoms with van der Waals surface area (Å²) in [5.41, 5.74) is 7.08. The summed E-state index contributed by atoms with van der Waals surface area (Å²) in [4.78, 5) is 0.279. The molecule has 0 radical (unpaired) electrons. The maximum atomic E-state index is 5.61. The molecule has 1 aliphatic rings. The molecule has 88 valence electrons. The van der Waals surface area contributed by atoms with E-state index in [1.807, 2.05) is 4.68 Å². The second kappa shape index (κ2) is 4.47. The number of methoxy groups -OCH3 is 1. The number of ether oxygens (including phenoxy) is 1. The van der Waals surface area contributed by atoms with Crippen molar-refractivity contribution in [3.63, 3.8) is 0 Å². The molecule has 0 aliphatic heterocycles. The first-order valence-electron chi connectivity index (χ1n) is 5.38. The zero-order valence-corrected chi connectivity index (χ0v) is 10.3. The molecule has 1 unspecified atom stereocenters. The lowest BCUT2D eigenvalue weighted by Crippen LogP contribution is -2.17. The molecule has 1 aromatic rings. The zero-order valence-electron chi connectivity index (χ0n) is 9.51. The van der Waals surface area contributed by atoms with Crippen molar-refractivity contribution in [2.24, 2.45) is 11.7 Å². The maximum Gasteiger partial charge on any atom is 0.145 e. The molecule has 1 saturated carbocycles. The van der Waals surface area contributed by atoms with Gasteiger partial charge in [0.15, 0.2) is 0 Å². The fourth-order valence-corrected chi connectivity index (χ4v) is 2.04. The van der Waals surface area contributed by atoms with E-state index in [0.717, 1.165) is 5.69 Å². The Kier molecular flexibility index (Phi) is 3.20. The van der Waals surface area contributed by atoms with Gasteiger partial charge in [0.2, 0.25) is 0 Å². The van der Waals surface area contributed by atoms with Crippen molar-refractivity contribution < 1.29 is 4.74 Å². The summed E-state index contributed by atoms with van der Waals surface area (Å²) in [6, 6.07) is 0.348. The van der Waals surface area contributed by atoms with Crippen LogP contribution in [0.15, 0.2) is 0 Å². The van der Waals surface area contributed by atoms with Gasteiger partial charge in [0, 0.05) is 7.11 Å². The highest BCUT2D eigenvalue weighted by Crippen LogP contribution is 2.39. The van der Waals surface area contributed by atoms with Crippen molar-refractivity contribution in [3.8, 4) is 0 Å². The van der Waals surface area contributed by atoms with E-state index in [9.17, 15) is 0 Å². The van der Waals surface area contributed by atoms with Gasteiger partial charge in [-0.15, -0.1) is 5.10 Å². The molecule has 1 aromatic heterocycles. The third-order valence-corrected chi connectivity index (χ3v) is 3.19. The van der Waals surface area contributed by atoms with Crippen molar-refractivity contribution in [1.82, 2.24) is 15.0 Å². The summed E-state index contributed by atoms with van der Waals surface area (Å²) in [7, 11) is 1.64. The van der Waals surface area contributed by atoms with Crippen LogP contribution in [0.25, 0.3) is 0 Å². The number of thiocarbonyl (C=S) groups is 1. The van der Waals surface area contributed by atoms with Gasteiger partial charge in [-0.3, -0.25) is 0 Å². The quantitative estimate of drug-likeness (QED) is 0.779. The van der Waals surface area contributed by atoms with Crippen molar-refractivity contribution in [1.29, 1.82) is 0 Å². The van der Waals surface area contributed by atoms with Gasteiger partial charge in [-0.2, -0.15) is 0 Å². The number of aromatic nitrogens is 3. The number of nitrogens with two attached hydrogens (primary N) is 1. The third-order valence-electron chi connectivity index (χ3n) is 3.00. The molecule has 1 heterocycles. The van der Waals surface area contributed by atoms with Crippen molar-refractivity contribution >= 4 is 17.2 Å². The zero-order chi connectivity index (χ0) is 11.7. The molecule has 16 heavy (non-hydrogen) atoms. The summed E-state index contributed by atoms with van der Waals surface area (Å²) in [5, 5.41) is 8.17. The van der Waals surface area contributed by atoms with Gasteiger partial charge in [0.1, 0.15) is 10.7 Å². The maximum absolute atomic E-state index is 5.61. The summed E-state index contributed by atoms with van der Waals surface area (Å²) >= 11 is 4.95. The standard InChI is InChI=1S/C10H16N4OS/c1-6(7-3-4-7)14-8(5-15-2)9(10(11)16)12-13-14/h6-7H,3-5H2,1-2H3,(H2,11,16). The highest BCUT2D eigenvalue weighted by atomic mass is 32.1. The van der Waals surface area contributed by atoms with E-state index in [1.165, 1.54) is 12.8 Å². The van der Waals surface area contributed by atoms with Crippen LogP contribution in [0.3, 0.4) is 0 Å². The minimum Gasteiger partial charge on any atom is -0.388 e. The topological polar surface area (TPSA) is 66.0 Å². The highest BCUT2D eigenvalue weighted by molar-refractivity contribution is 7.80. The van der Waals surface area contributed by atoms with E-state index >= 15 is 0 Å². The van der Waals surface area contributed by atoms with Gasteiger partial charge >= 0.3 is 0 Å². The Morgan fingerprint density at radius 3 is 2.88 bits per heavy atom. The molecule has 6 heteroatoms. The average Bonchev–Trinajstić information content (AvgIpc) is 2.99. The van der Waals surface area contributed by atoms with E-state index in [4.69, 9.17) is 22.7 Å². The van der Waals surface area contributed by atoms with Gasteiger partial charge < -0.3 is 10.5 Å². The van der Waals surface area contributed by atoms with Gasteiger partial charge in [0.05, 0.1) is 18.3 Å². The van der Waals surface area contributed by atoms with Crippen molar-refractivity contribution in [2.45, 2.75) is 32.4 Å². The summed E-state index contributed by atoms with van der Waals surface area (Å²) < 4.78 is 7.05. The molecule has 0 spiro atoms. The van der Waals surface area contributed by atoms with E-state index < -0.39 is 0 Å². The van der Waals surface area contributed by atoms with Crippen molar-refractivity contribution in [3.05, 3.63) is 11.4 Å². The van der Waals surface area contributed by atoms with Gasteiger partial charge in [-0.1, -0.05) is 17.4 Å². The summed E-state index contributed by atoms with van der Waals surface area (Å²) in [6.45, 7) is 2.59. The lowest BCUT2D eigenvalue weighted by Gasteiger charge is -2.13. The normalized spacial score (nSPS) is 17.4. The van der Waals surface area contributed by atoms with E-state index in [2.05, 4.69) is 17.2 Å². The number of hydrogen-bond donors (Lipinski definition) is 1. The molecule has 1 atom stereocenters. The molecule has 2 rings (SSSR count). The van der Waals surface area contributed by atoms with E-state index in [0.29, 0.717) is 24.3 Å². The lowest BCUT2D eigenvalue weighted by atomic mass is 10.2. The molecule has 0 aromatic carbocycles. The van der Waals surface area contributed by atoms with Crippen LogP contribution in [0.2, 0.25) is 0 Å². The second-order valence-electron chi connectivity index (χ2n) is 4.20. The first-order chi connectivity index (χ1) is 7.65. The smallest absolute Gasteiger partial charge is 0.145 e. The van der Waals surface area contributed by atoms with Gasteiger partial charge in [0.25, 0.3) is 0 Å². The van der Waals surface area contributed by atoms with E-state index in [1.54, 1.807) is 7.11 Å². The van der Waals surface area contributed by atoms with Gasteiger partial charge in [-0.25, -0.2) is 4.68 Å². The molecular formula is C10H16N4OS. The van der Waals surface area contributed by atoms with Crippen LogP contribution in [-0.2, 0) is 11.3 Å². The summed E-state index contributed by atoms with van der Waals surface area (Å²) in [5.74, 6) is 0.705. The van der Waals surface area contributed by atoms with Crippen LogP contribution in [-0.4, -0.2) is 27.1 Å². The predicted octanol–water partition coefficient (Wildman–Crippen LogP) is 1.03. The second-order valence-corrected chi connectivity index (χ2v) is 4.64. The first kappa shape index (κ1) is 11.5. The van der Waals surface area contributed by atoms with E-state index in [-0.39, 0.29) is 4.99 Å². The largest absolute Gasteiger partial charge is 0.388 e. The molecule has 2 N–H and O–H groups in total. The van der Waals surface area contributed by atoms with Crippen LogP contribution in [0.1, 0.15) is 37.2 Å². The molecule has 0 amide bonds. The Hall–Kier alpha value is -1.01. The number of hydrogen-bond acceptors (Lipinski definition) is 4. The minimum atomic E-state index is 0.279. The fourth-order valence-electron chi connectivity index (χ4n) is 1.88. The van der Waals surface area contributed by atoms with Crippen LogP contribution in [0, 0.1) is 5.92 Å². The predicted molar refractivity (Wildman–Crippen MR) is 64.1 cm³/mol. The number of nitrogens with zero attached hydrogens (tertiary/aromatic N) is 3. The number of rotatable bonds is 5. The Bertz CT molecular complexity index is 400. The fraction of sp³-hybridized carbons (Fsp3) is 0.700. The highest BCUT2D eigenvalue weighted by Gasteiger charge is 2.32. The molecule has 0 saturated heterocycles. The lowest BCUT2D eigenvalue weighted by molar-refractivity contribution is 0.173. The summed E-state index contributed by atoms with van der Waals surface area (Å²) in [6.07, 6.45) is 2.52. The Morgan fingerprint density at radius 1 is 1.69 bits per heavy atom. The van der Waals surface area contributed by atoms with Crippen LogP contribution >= 0.6 is 12.2 Å². The SMILES string of the molecule is COCc1c(C(N)=S)nnn1C(C)C1CC1. The first-order valence-corrected chi connectivity index (χ1v) is 5.78. The molecule has 0 bridgehead atoms. The van der Waals surface area contributed by atoms with Gasteiger partial charge in [-0.05, 0) is 25.7 Å². The third kappa shape index (κ3) is 2.08. The Balaban J connectivity index is 2.32. The molecule has 1 aliphatic carbocycles. The van der Waals surface area contributed by atoms with Crippen LogP contribution in [0.4, 0.5) is 0 Å². The molecular weight excluding hydrogens is 224 g/mol.